The molecule has 0 bridgehead atoms. The van der Waals surface area contributed by atoms with Gasteiger partial charge in [-0.3, -0.25) is 28.9 Å². The number of rotatable bonds is 17. The zero-order valence-corrected chi connectivity index (χ0v) is 31.8. The van der Waals surface area contributed by atoms with Crippen LogP contribution < -0.4 is 21.3 Å². The summed E-state index contributed by atoms with van der Waals surface area (Å²) in [6.07, 6.45) is 5.89. The highest BCUT2D eigenvalue weighted by Crippen LogP contribution is 2.39. The van der Waals surface area contributed by atoms with E-state index in [1.165, 1.54) is 0 Å². The van der Waals surface area contributed by atoms with Gasteiger partial charge in [0, 0.05) is 39.0 Å². The summed E-state index contributed by atoms with van der Waals surface area (Å²) in [6.45, 7) is 9.84. The second-order valence-electron chi connectivity index (χ2n) is 15.8. The first-order valence-electron chi connectivity index (χ1n) is 19.2. The van der Waals surface area contributed by atoms with Crippen LogP contribution in [0.4, 0.5) is 5.69 Å². The van der Waals surface area contributed by atoms with Crippen molar-refractivity contribution in [3.05, 3.63) is 64.7 Å². The number of amides is 5. The van der Waals surface area contributed by atoms with Gasteiger partial charge in [0.1, 0.15) is 18.7 Å². The average Bonchev–Trinajstić information content (AvgIpc) is 3.77. The molecule has 0 aliphatic carbocycles. The Morgan fingerprint density at radius 1 is 0.943 bits per heavy atom. The van der Waals surface area contributed by atoms with Gasteiger partial charge >= 0.3 is 0 Å². The van der Waals surface area contributed by atoms with E-state index in [-0.39, 0.29) is 36.7 Å². The fraction of sp³-hybridized carbons (Fsp3) is 0.585. The minimum Gasteiger partial charge on any atom is -0.372 e. The minimum absolute atomic E-state index is 0.0261. The van der Waals surface area contributed by atoms with Crippen molar-refractivity contribution in [2.45, 2.75) is 123 Å². The molecule has 4 atom stereocenters. The summed E-state index contributed by atoms with van der Waals surface area (Å²) in [6, 6.07) is 12.3. The number of likely N-dealkylation sites (tertiary alicyclic amines) is 1. The molecular formula is C41H57N5O7. The number of nitrogens with two attached hydrogens (primary N) is 1. The molecule has 1 saturated heterocycles. The van der Waals surface area contributed by atoms with Crippen LogP contribution in [0.1, 0.15) is 94.9 Å². The Kier molecular flexibility index (Phi) is 13.7. The topological polar surface area (TPSA) is 160 Å². The molecule has 3 heterocycles. The van der Waals surface area contributed by atoms with Crippen LogP contribution in [0.25, 0.3) is 0 Å². The standard InChI is InChI=1S/C41H57N5O7/c1-27(32(19-20-34(42)47)43-39(50)33-24-31-13-7-11-30-12-8-14-36(49)46(33)37(30)31)53-25-29-17-15-28(16-18-29)10-9-23-52-26-35(48)44-38(41(2,3)4)40(51)45-21-5-6-22-45/h7,11,13,15-18,27,32-33,38H,5-6,8-10,12,14,19-26H2,1-4H3,(H2,42,47)(H,43,50)(H,44,48)/t27-,32+,33+,38-/m1/s1. The first kappa shape index (κ1) is 39.9. The largest absolute Gasteiger partial charge is 0.372 e. The van der Waals surface area contributed by atoms with Crippen molar-refractivity contribution < 1.29 is 33.4 Å². The van der Waals surface area contributed by atoms with Crippen molar-refractivity contribution in [1.29, 1.82) is 0 Å². The van der Waals surface area contributed by atoms with E-state index in [9.17, 15) is 24.0 Å². The monoisotopic (exact) mass is 731 g/mol. The van der Waals surface area contributed by atoms with Crippen LogP contribution in [0, 0.1) is 5.41 Å². The van der Waals surface area contributed by atoms with Gasteiger partial charge in [0.05, 0.1) is 24.4 Å². The number of nitrogens with one attached hydrogen (secondary N) is 2. The Morgan fingerprint density at radius 3 is 2.34 bits per heavy atom. The summed E-state index contributed by atoms with van der Waals surface area (Å²) >= 11 is 0. The second-order valence-corrected chi connectivity index (χ2v) is 15.8. The van der Waals surface area contributed by atoms with Crippen molar-refractivity contribution in [3.8, 4) is 0 Å². The Balaban J connectivity index is 1.06. The molecule has 53 heavy (non-hydrogen) atoms. The lowest BCUT2D eigenvalue weighted by atomic mass is 9.85. The number of benzene rings is 2. The van der Waals surface area contributed by atoms with Crippen LogP contribution in [0.2, 0.25) is 0 Å². The Labute approximate surface area is 313 Å². The van der Waals surface area contributed by atoms with E-state index in [0.29, 0.717) is 32.5 Å². The van der Waals surface area contributed by atoms with Crippen molar-refractivity contribution in [3.63, 3.8) is 0 Å². The van der Waals surface area contributed by atoms with Gasteiger partial charge in [-0.15, -0.1) is 0 Å². The van der Waals surface area contributed by atoms with E-state index in [1.807, 2.05) is 75.1 Å². The molecule has 0 aromatic heterocycles. The molecule has 288 valence electrons. The molecule has 3 aliphatic heterocycles. The fourth-order valence-electron chi connectivity index (χ4n) is 7.50. The summed E-state index contributed by atoms with van der Waals surface area (Å²) in [4.78, 5) is 67.8. The molecule has 2 aromatic carbocycles. The molecule has 0 spiro atoms. The molecule has 2 aromatic rings. The molecular weight excluding hydrogens is 674 g/mol. The summed E-state index contributed by atoms with van der Waals surface area (Å²) in [5.41, 5.74) is 10.1. The maximum Gasteiger partial charge on any atom is 0.246 e. The molecule has 0 saturated carbocycles. The molecule has 5 rings (SSSR count). The average molecular weight is 732 g/mol. The van der Waals surface area contributed by atoms with Crippen LogP contribution in [0.5, 0.6) is 0 Å². The van der Waals surface area contributed by atoms with E-state index in [0.717, 1.165) is 79.6 Å². The lowest BCUT2D eigenvalue weighted by molar-refractivity contribution is -0.139. The SMILES string of the molecule is C[C@@H](OCc1ccc(CCCOCC(=O)N[C@H](C(=O)N2CCCC2)C(C)(C)C)cc1)[C@H](CCC(N)=O)NC(=O)[C@@H]1Cc2cccc3c2N1C(=O)CCC3. The van der Waals surface area contributed by atoms with E-state index >= 15 is 0 Å². The molecule has 12 heteroatoms. The number of nitrogens with zero attached hydrogens (tertiary/aromatic N) is 2. The molecule has 5 amide bonds. The summed E-state index contributed by atoms with van der Waals surface area (Å²) in [5, 5.41) is 6.00. The number of hydrogen-bond acceptors (Lipinski definition) is 7. The van der Waals surface area contributed by atoms with Crippen LogP contribution in [-0.2, 0) is 59.3 Å². The van der Waals surface area contributed by atoms with Gasteiger partial charge in [-0.2, -0.15) is 0 Å². The third kappa shape index (κ3) is 10.7. The first-order chi connectivity index (χ1) is 25.3. The van der Waals surface area contributed by atoms with Gasteiger partial charge in [0.25, 0.3) is 0 Å². The Morgan fingerprint density at radius 2 is 1.64 bits per heavy atom. The van der Waals surface area contributed by atoms with Gasteiger partial charge in [-0.1, -0.05) is 63.2 Å². The van der Waals surface area contributed by atoms with Crippen LogP contribution in [-0.4, -0.2) is 85.0 Å². The van der Waals surface area contributed by atoms with Gasteiger partial charge < -0.3 is 30.7 Å². The number of aryl methyl sites for hydroxylation is 2. The smallest absolute Gasteiger partial charge is 0.246 e. The van der Waals surface area contributed by atoms with Crippen molar-refractivity contribution in [2.75, 3.05) is 31.2 Å². The highest BCUT2D eigenvalue weighted by atomic mass is 16.5. The molecule has 12 nitrogen and oxygen atoms in total. The predicted molar refractivity (Wildman–Crippen MR) is 202 cm³/mol. The summed E-state index contributed by atoms with van der Waals surface area (Å²) in [7, 11) is 0. The number of hydrogen-bond donors (Lipinski definition) is 3. The van der Waals surface area contributed by atoms with Crippen LogP contribution in [0.15, 0.2) is 42.5 Å². The summed E-state index contributed by atoms with van der Waals surface area (Å²) < 4.78 is 11.9. The minimum atomic E-state index is -0.647. The molecule has 3 aliphatic rings. The Bertz CT molecular complexity index is 1620. The third-order valence-electron chi connectivity index (χ3n) is 10.5. The molecule has 1 fully saturated rings. The fourth-order valence-corrected chi connectivity index (χ4v) is 7.50. The lowest BCUT2D eigenvalue weighted by Crippen LogP contribution is -2.54. The number of anilines is 1. The van der Waals surface area contributed by atoms with E-state index in [1.54, 1.807) is 4.90 Å². The number of carbonyl (C=O) groups is 5. The predicted octanol–water partition coefficient (Wildman–Crippen LogP) is 3.74. The van der Waals surface area contributed by atoms with Crippen LogP contribution in [0.3, 0.4) is 0 Å². The number of para-hydroxylation sites is 1. The third-order valence-corrected chi connectivity index (χ3v) is 10.5. The van der Waals surface area contributed by atoms with Gasteiger partial charge in [-0.05, 0) is 79.5 Å². The lowest BCUT2D eigenvalue weighted by Gasteiger charge is -2.33. The Hall–Kier alpha value is -4.29. The van der Waals surface area contributed by atoms with Crippen molar-refractivity contribution in [1.82, 2.24) is 15.5 Å². The first-order valence-corrected chi connectivity index (χ1v) is 19.2. The normalized spacial score (nSPS) is 18.6. The van der Waals surface area contributed by atoms with Crippen molar-refractivity contribution >= 4 is 35.2 Å². The molecule has 0 unspecified atom stereocenters. The number of primary amides is 1. The summed E-state index contributed by atoms with van der Waals surface area (Å²) in [5.74, 6) is -1.07. The second kappa shape index (κ2) is 18.2. The van der Waals surface area contributed by atoms with Crippen molar-refractivity contribution in [2.24, 2.45) is 11.1 Å². The molecule has 0 radical (unpaired) electrons. The molecule has 4 N–H and O–H groups in total. The van der Waals surface area contributed by atoms with Gasteiger partial charge in [0.15, 0.2) is 0 Å². The zero-order valence-electron chi connectivity index (χ0n) is 31.8. The maximum absolute atomic E-state index is 13.7. The van der Waals surface area contributed by atoms with E-state index in [2.05, 4.69) is 10.6 Å². The van der Waals surface area contributed by atoms with Crippen LogP contribution >= 0.6 is 0 Å². The van der Waals surface area contributed by atoms with Gasteiger partial charge in [-0.25, -0.2) is 0 Å². The highest BCUT2D eigenvalue weighted by molar-refractivity contribution is 6.04. The maximum atomic E-state index is 13.7. The van der Waals surface area contributed by atoms with Gasteiger partial charge in [0.2, 0.25) is 29.5 Å². The zero-order chi connectivity index (χ0) is 38.1. The highest BCUT2D eigenvalue weighted by Gasteiger charge is 2.41. The number of ether oxygens (including phenoxy) is 2. The van der Waals surface area contributed by atoms with E-state index in [4.69, 9.17) is 15.2 Å². The quantitative estimate of drug-likeness (QED) is 0.209. The van der Waals surface area contributed by atoms with E-state index < -0.39 is 35.6 Å². The number of carbonyl (C=O) groups excluding carboxylic acids is 5.